The number of carbonyl (C=O) groups is 2. The van der Waals surface area contributed by atoms with E-state index in [0.717, 1.165) is 29.4 Å². The maximum absolute atomic E-state index is 12.5. The van der Waals surface area contributed by atoms with Crippen molar-refractivity contribution in [1.29, 1.82) is 0 Å². The number of piperidine rings is 1. The minimum atomic E-state index is -0.755. The second-order valence-electron chi connectivity index (χ2n) is 6.19. The SMILES string of the molecule is Cn1nc(CC(=O)N2CCC(CC(=O)O)CC2)c2ccccc21. The fraction of sp³-hybridized carbons (Fsp3) is 0.471. The van der Waals surface area contributed by atoms with Gasteiger partial charge in [-0.25, -0.2) is 0 Å². The van der Waals surface area contributed by atoms with E-state index in [4.69, 9.17) is 5.11 Å². The van der Waals surface area contributed by atoms with Crippen molar-refractivity contribution < 1.29 is 14.7 Å². The van der Waals surface area contributed by atoms with E-state index in [1.807, 2.05) is 36.2 Å². The number of hydrogen-bond acceptors (Lipinski definition) is 3. The Hall–Kier alpha value is -2.37. The van der Waals surface area contributed by atoms with Crippen molar-refractivity contribution in [3.8, 4) is 0 Å². The summed E-state index contributed by atoms with van der Waals surface area (Å²) >= 11 is 0. The molecule has 2 heterocycles. The molecule has 1 saturated heterocycles. The quantitative estimate of drug-likeness (QED) is 0.934. The first-order valence-corrected chi connectivity index (χ1v) is 7.95. The summed E-state index contributed by atoms with van der Waals surface area (Å²) in [5, 5.41) is 14.3. The highest BCUT2D eigenvalue weighted by Crippen LogP contribution is 2.22. The van der Waals surface area contributed by atoms with E-state index in [-0.39, 0.29) is 18.2 Å². The molecule has 122 valence electrons. The molecule has 0 aliphatic carbocycles. The highest BCUT2D eigenvalue weighted by molar-refractivity contribution is 5.87. The van der Waals surface area contributed by atoms with Crippen LogP contribution < -0.4 is 0 Å². The van der Waals surface area contributed by atoms with Gasteiger partial charge in [0.2, 0.25) is 5.91 Å². The van der Waals surface area contributed by atoms with Crippen molar-refractivity contribution in [2.45, 2.75) is 25.7 Å². The Morgan fingerprint density at radius 2 is 1.96 bits per heavy atom. The molecule has 1 aromatic carbocycles. The van der Waals surface area contributed by atoms with Crippen molar-refractivity contribution in [3.63, 3.8) is 0 Å². The lowest BCUT2D eigenvalue weighted by Gasteiger charge is -2.31. The van der Waals surface area contributed by atoms with Crippen LogP contribution in [0.4, 0.5) is 0 Å². The van der Waals surface area contributed by atoms with Crippen molar-refractivity contribution in [1.82, 2.24) is 14.7 Å². The standard InChI is InChI=1S/C17H21N3O3/c1-19-15-5-3-2-4-13(15)14(18-19)11-16(21)20-8-6-12(7-9-20)10-17(22)23/h2-5,12H,6-11H2,1H3,(H,22,23). The van der Waals surface area contributed by atoms with Crippen LogP contribution in [0.5, 0.6) is 0 Å². The predicted octanol–water partition coefficient (Wildman–Crippen LogP) is 1.83. The number of nitrogens with zero attached hydrogens (tertiary/aromatic N) is 3. The first kappa shape index (κ1) is 15.5. The van der Waals surface area contributed by atoms with Gasteiger partial charge in [0, 0.05) is 31.9 Å². The fourth-order valence-electron chi connectivity index (χ4n) is 3.31. The Morgan fingerprint density at radius 3 is 2.65 bits per heavy atom. The minimum Gasteiger partial charge on any atom is -0.481 e. The Bertz CT molecular complexity index is 730. The molecule has 6 nitrogen and oxygen atoms in total. The molecule has 23 heavy (non-hydrogen) atoms. The average molecular weight is 315 g/mol. The van der Waals surface area contributed by atoms with E-state index in [0.29, 0.717) is 19.5 Å². The largest absolute Gasteiger partial charge is 0.481 e. The lowest BCUT2D eigenvalue weighted by atomic mass is 9.93. The van der Waals surface area contributed by atoms with Gasteiger partial charge in [0.25, 0.3) is 0 Å². The van der Waals surface area contributed by atoms with Gasteiger partial charge in [-0.15, -0.1) is 0 Å². The van der Waals surface area contributed by atoms with Crippen molar-refractivity contribution in [2.24, 2.45) is 13.0 Å². The number of aliphatic carboxylic acids is 1. The number of para-hydroxylation sites is 1. The van der Waals surface area contributed by atoms with E-state index in [9.17, 15) is 9.59 Å². The third-order valence-corrected chi connectivity index (χ3v) is 4.58. The van der Waals surface area contributed by atoms with Crippen molar-refractivity contribution in [2.75, 3.05) is 13.1 Å². The zero-order valence-electron chi connectivity index (χ0n) is 13.2. The maximum atomic E-state index is 12.5. The summed E-state index contributed by atoms with van der Waals surface area (Å²) < 4.78 is 1.80. The second-order valence-corrected chi connectivity index (χ2v) is 6.19. The van der Waals surface area contributed by atoms with Crippen LogP contribution in [-0.4, -0.2) is 44.8 Å². The molecule has 1 N–H and O–H groups in total. The van der Waals surface area contributed by atoms with Crippen LogP contribution in [0.2, 0.25) is 0 Å². The highest BCUT2D eigenvalue weighted by Gasteiger charge is 2.25. The van der Waals surface area contributed by atoms with Crippen molar-refractivity contribution >= 4 is 22.8 Å². The van der Waals surface area contributed by atoms with Gasteiger partial charge in [-0.2, -0.15) is 5.10 Å². The molecule has 0 spiro atoms. The predicted molar refractivity (Wildman–Crippen MR) is 86.0 cm³/mol. The van der Waals surface area contributed by atoms with E-state index in [2.05, 4.69) is 5.10 Å². The Labute approximate surface area is 134 Å². The van der Waals surface area contributed by atoms with Gasteiger partial charge in [-0.3, -0.25) is 14.3 Å². The summed E-state index contributed by atoms with van der Waals surface area (Å²) in [5.74, 6) is -0.496. The molecule has 1 amide bonds. The molecular formula is C17H21N3O3. The number of hydrogen-bond donors (Lipinski definition) is 1. The molecule has 6 heteroatoms. The van der Waals surface area contributed by atoms with Crippen LogP contribution in [0.25, 0.3) is 10.9 Å². The third kappa shape index (κ3) is 3.36. The lowest BCUT2D eigenvalue weighted by molar-refractivity contribution is -0.138. The number of aryl methyl sites for hydroxylation is 1. The number of likely N-dealkylation sites (tertiary alicyclic amines) is 1. The van der Waals surface area contributed by atoms with Gasteiger partial charge in [0.05, 0.1) is 17.6 Å². The molecule has 0 saturated carbocycles. The van der Waals surface area contributed by atoms with Crippen LogP contribution in [0.3, 0.4) is 0 Å². The lowest BCUT2D eigenvalue weighted by Crippen LogP contribution is -2.39. The number of carboxylic acid groups (broad SMARTS) is 1. The second kappa shape index (κ2) is 6.40. The van der Waals surface area contributed by atoms with Crippen LogP contribution >= 0.6 is 0 Å². The van der Waals surface area contributed by atoms with Gasteiger partial charge in [0.1, 0.15) is 0 Å². The van der Waals surface area contributed by atoms with Gasteiger partial charge < -0.3 is 10.0 Å². The Morgan fingerprint density at radius 1 is 1.26 bits per heavy atom. The molecule has 1 aliphatic heterocycles. The molecule has 1 aliphatic rings. The van der Waals surface area contributed by atoms with Gasteiger partial charge in [-0.05, 0) is 24.8 Å². The molecule has 0 bridgehead atoms. The summed E-state index contributed by atoms with van der Waals surface area (Å²) in [6.07, 6.45) is 2.03. The number of carbonyl (C=O) groups excluding carboxylic acids is 1. The topological polar surface area (TPSA) is 75.4 Å². The summed E-state index contributed by atoms with van der Waals surface area (Å²) in [6, 6.07) is 7.90. The number of benzene rings is 1. The fourth-order valence-corrected chi connectivity index (χ4v) is 3.31. The molecule has 3 rings (SSSR count). The normalized spacial score (nSPS) is 16.0. The molecule has 0 unspecified atom stereocenters. The van der Waals surface area contributed by atoms with Crippen LogP contribution in [0.15, 0.2) is 24.3 Å². The van der Waals surface area contributed by atoms with Crippen LogP contribution in [-0.2, 0) is 23.1 Å². The summed E-state index contributed by atoms with van der Waals surface area (Å²) in [6.45, 7) is 1.28. The number of fused-ring (bicyclic) bond motifs is 1. The minimum absolute atomic E-state index is 0.0719. The molecule has 1 fully saturated rings. The Kier molecular flexibility index (Phi) is 4.32. The number of aromatic nitrogens is 2. The molecule has 2 aromatic rings. The summed E-state index contributed by atoms with van der Waals surface area (Å²) in [4.78, 5) is 25.1. The van der Waals surface area contributed by atoms with Crippen LogP contribution in [0.1, 0.15) is 25.0 Å². The van der Waals surface area contributed by atoms with E-state index >= 15 is 0 Å². The first-order valence-electron chi connectivity index (χ1n) is 7.95. The zero-order valence-corrected chi connectivity index (χ0v) is 13.2. The van der Waals surface area contributed by atoms with E-state index < -0.39 is 5.97 Å². The van der Waals surface area contributed by atoms with Gasteiger partial charge in [0.15, 0.2) is 0 Å². The van der Waals surface area contributed by atoms with E-state index in [1.54, 1.807) is 4.68 Å². The number of carboxylic acids is 1. The highest BCUT2D eigenvalue weighted by atomic mass is 16.4. The first-order chi connectivity index (χ1) is 11.0. The summed E-state index contributed by atoms with van der Waals surface area (Å²) in [5.41, 5.74) is 1.83. The summed E-state index contributed by atoms with van der Waals surface area (Å²) in [7, 11) is 1.88. The van der Waals surface area contributed by atoms with Crippen LogP contribution in [0, 0.1) is 5.92 Å². The Balaban J connectivity index is 1.64. The monoisotopic (exact) mass is 315 g/mol. The maximum Gasteiger partial charge on any atom is 0.303 e. The molecule has 0 atom stereocenters. The average Bonchev–Trinajstić information content (AvgIpc) is 2.84. The number of rotatable bonds is 4. The zero-order chi connectivity index (χ0) is 16.4. The third-order valence-electron chi connectivity index (χ3n) is 4.58. The molecule has 1 aromatic heterocycles. The molecular weight excluding hydrogens is 294 g/mol. The van der Waals surface area contributed by atoms with Gasteiger partial charge in [-0.1, -0.05) is 18.2 Å². The van der Waals surface area contributed by atoms with E-state index in [1.165, 1.54) is 0 Å². The smallest absolute Gasteiger partial charge is 0.303 e. The molecule has 0 radical (unpaired) electrons. The number of amides is 1. The van der Waals surface area contributed by atoms with Gasteiger partial charge >= 0.3 is 5.97 Å². The van der Waals surface area contributed by atoms with Crippen molar-refractivity contribution in [3.05, 3.63) is 30.0 Å².